The first-order valence-corrected chi connectivity index (χ1v) is 11.6. The van der Waals surface area contributed by atoms with Crippen molar-refractivity contribution in [2.24, 2.45) is 0 Å². The van der Waals surface area contributed by atoms with E-state index < -0.39 is 84.4 Å². The Hall–Kier alpha value is -2.84. The fourth-order valence-electron chi connectivity index (χ4n) is 3.31. The molecule has 0 aromatic heterocycles. The van der Waals surface area contributed by atoms with Crippen LogP contribution in [0.25, 0.3) is 0 Å². The van der Waals surface area contributed by atoms with Crippen LogP contribution in [0.4, 0.5) is 83.4 Å². The number of aromatic hydroxyl groups is 1. The third-order valence-electron chi connectivity index (χ3n) is 6.08. The number of halogens is 19. The highest BCUT2D eigenvalue weighted by molar-refractivity contribution is 5.69. The van der Waals surface area contributed by atoms with E-state index in [-0.39, 0.29) is 16.9 Å². The molecule has 1 rings (SSSR count). The van der Waals surface area contributed by atoms with E-state index in [0.717, 1.165) is 12.1 Å². The number of aryl methyl sites for hydroxylation is 1. The van der Waals surface area contributed by atoms with Crippen LogP contribution in [0.1, 0.15) is 38.3 Å². The molecule has 0 aliphatic carbocycles. The van der Waals surface area contributed by atoms with Crippen molar-refractivity contribution in [1.29, 1.82) is 0 Å². The van der Waals surface area contributed by atoms with Crippen LogP contribution in [0.3, 0.4) is 0 Å². The van der Waals surface area contributed by atoms with Crippen molar-refractivity contribution in [3.63, 3.8) is 0 Å². The summed E-state index contributed by atoms with van der Waals surface area (Å²) in [5.41, 5.74) is -0.295. The molecule has 0 saturated heterocycles. The van der Waals surface area contributed by atoms with Crippen molar-refractivity contribution in [2.75, 3.05) is 6.61 Å². The number of carbonyl (C=O) groups excluding carboxylic acids is 1. The molecule has 1 aromatic carbocycles. The summed E-state index contributed by atoms with van der Waals surface area (Å²) in [7, 11) is 0. The van der Waals surface area contributed by atoms with E-state index in [9.17, 15) is 93.3 Å². The van der Waals surface area contributed by atoms with Crippen LogP contribution in [0.2, 0.25) is 0 Å². The van der Waals surface area contributed by atoms with Gasteiger partial charge < -0.3 is 9.84 Å². The maximum atomic E-state index is 13.9. The zero-order chi connectivity index (χ0) is 36.3. The maximum Gasteiger partial charge on any atom is 0.460 e. The molecule has 45 heavy (non-hydrogen) atoms. The normalized spacial score (nSPS) is 15.3. The van der Waals surface area contributed by atoms with E-state index in [1.807, 2.05) is 0 Å². The molecule has 1 aromatic rings. The van der Waals surface area contributed by atoms with Crippen molar-refractivity contribution < 1.29 is 98.1 Å². The van der Waals surface area contributed by atoms with E-state index in [1.54, 1.807) is 20.8 Å². The second-order valence-electron chi connectivity index (χ2n) is 10.5. The molecular weight excluding hydrogens is 685 g/mol. The molecule has 0 saturated carbocycles. The zero-order valence-electron chi connectivity index (χ0n) is 22.3. The highest BCUT2D eigenvalue weighted by atomic mass is 19.4. The lowest BCUT2D eigenvalue weighted by atomic mass is 9.85. The van der Waals surface area contributed by atoms with Gasteiger partial charge in [0.05, 0.1) is 0 Å². The molecule has 0 bridgehead atoms. The van der Waals surface area contributed by atoms with Crippen LogP contribution in [0, 0.1) is 0 Å². The molecule has 0 atom stereocenters. The SMILES string of the molecule is CC(C)(C)c1cc(CCC(=O)OCC(F)(F)C(F)(F)C(F)(F)C(F)(F)C(F)(F)C(F)(F)C(F)(F)C(F)(F)C(F)(F)F)ccc1O. The van der Waals surface area contributed by atoms with Crippen LogP contribution in [-0.2, 0) is 21.4 Å². The molecule has 22 heteroatoms. The third kappa shape index (κ3) is 6.42. The summed E-state index contributed by atoms with van der Waals surface area (Å²) >= 11 is 0. The molecule has 0 aliphatic heterocycles. The standard InChI is InChI=1S/C23H19F19O3/c1-14(2,3)11-8-10(4-6-12(11)43)5-7-13(44)45-9-15(24,25)16(26,27)17(28,29)18(30,31)19(32,33)20(34,35)21(36,37)22(38,39)23(40,41)42/h4,6,8,43H,5,7,9H2,1-3H3. The lowest BCUT2D eigenvalue weighted by molar-refractivity contribution is -0.469. The number of carbonyl (C=O) groups is 1. The smallest absolute Gasteiger partial charge is 0.460 e. The predicted octanol–water partition coefficient (Wildman–Crippen LogP) is 8.81. The van der Waals surface area contributed by atoms with Gasteiger partial charge in [0.15, 0.2) is 6.61 Å². The van der Waals surface area contributed by atoms with E-state index in [2.05, 4.69) is 4.74 Å². The second-order valence-corrected chi connectivity index (χ2v) is 10.5. The molecule has 0 fully saturated rings. The van der Waals surface area contributed by atoms with Gasteiger partial charge >= 0.3 is 59.5 Å². The first-order valence-electron chi connectivity index (χ1n) is 11.6. The molecule has 262 valence electrons. The highest BCUT2D eigenvalue weighted by Crippen LogP contribution is 2.65. The Kier molecular flexibility index (Phi) is 10.2. The van der Waals surface area contributed by atoms with Gasteiger partial charge in [0.1, 0.15) is 5.75 Å². The molecule has 0 amide bonds. The quantitative estimate of drug-likeness (QED) is 0.175. The highest BCUT2D eigenvalue weighted by Gasteiger charge is 2.96. The van der Waals surface area contributed by atoms with Crippen LogP contribution >= 0.6 is 0 Å². The van der Waals surface area contributed by atoms with Gasteiger partial charge in [-0.2, -0.15) is 83.4 Å². The van der Waals surface area contributed by atoms with Gasteiger partial charge in [-0.25, -0.2) is 0 Å². The predicted molar refractivity (Wildman–Crippen MR) is 112 cm³/mol. The number of phenols is 1. The maximum absolute atomic E-state index is 13.9. The summed E-state index contributed by atoms with van der Waals surface area (Å²) in [5, 5.41) is 9.86. The number of benzene rings is 1. The zero-order valence-corrected chi connectivity index (χ0v) is 22.3. The fourth-order valence-corrected chi connectivity index (χ4v) is 3.31. The number of rotatable bonds is 12. The molecule has 0 spiro atoms. The number of phenolic OH excluding ortho intramolecular Hbond substituents is 1. The van der Waals surface area contributed by atoms with E-state index in [1.165, 1.54) is 6.07 Å². The van der Waals surface area contributed by atoms with E-state index >= 15 is 0 Å². The van der Waals surface area contributed by atoms with Crippen LogP contribution in [0.5, 0.6) is 5.75 Å². The third-order valence-corrected chi connectivity index (χ3v) is 6.08. The minimum absolute atomic E-state index is 0.147. The number of esters is 1. The van der Waals surface area contributed by atoms with Crippen LogP contribution < -0.4 is 0 Å². The summed E-state index contributed by atoms with van der Waals surface area (Å²) in [6, 6.07) is 3.54. The van der Waals surface area contributed by atoms with Gasteiger partial charge in [0, 0.05) is 6.42 Å². The van der Waals surface area contributed by atoms with Crippen molar-refractivity contribution in [3.05, 3.63) is 29.3 Å². The summed E-state index contributed by atoms with van der Waals surface area (Å²) in [4.78, 5) is 11.7. The minimum atomic E-state index is -9.02. The molecule has 0 aliphatic rings. The Balaban J connectivity index is 3.30. The Bertz CT molecular complexity index is 1230. The summed E-state index contributed by atoms with van der Waals surface area (Å²) < 4.78 is 257. The summed E-state index contributed by atoms with van der Waals surface area (Å²) in [5.74, 6) is -69.9. The van der Waals surface area contributed by atoms with Gasteiger partial charge in [0.2, 0.25) is 0 Å². The number of ether oxygens (including phenoxy) is 1. The van der Waals surface area contributed by atoms with Gasteiger partial charge in [-0.05, 0) is 29.0 Å². The molecule has 0 radical (unpaired) electrons. The van der Waals surface area contributed by atoms with Crippen LogP contribution in [0.15, 0.2) is 18.2 Å². The van der Waals surface area contributed by atoms with Crippen molar-refractivity contribution in [1.82, 2.24) is 0 Å². The van der Waals surface area contributed by atoms with Gasteiger partial charge in [-0.1, -0.05) is 32.9 Å². The molecule has 3 nitrogen and oxygen atoms in total. The molecular formula is C23H19F19O3. The Labute approximate surface area is 239 Å². The average Bonchev–Trinajstić information content (AvgIpc) is 2.84. The number of hydrogen-bond donors (Lipinski definition) is 1. The summed E-state index contributed by atoms with van der Waals surface area (Å²) in [6.45, 7) is 1.46. The van der Waals surface area contributed by atoms with Crippen molar-refractivity contribution in [3.8, 4) is 5.75 Å². The molecule has 0 heterocycles. The Morgan fingerprint density at radius 1 is 0.622 bits per heavy atom. The average molecular weight is 704 g/mol. The van der Waals surface area contributed by atoms with Crippen LogP contribution in [-0.4, -0.2) is 71.2 Å². The first kappa shape index (κ1) is 40.2. The minimum Gasteiger partial charge on any atom is -0.508 e. The Morgan fingerprint density at radius 2 is 1.00 bits per heavy atom. The lowest BCUT2D eigenvalue weighted by Gasteiger charge is -2.43. The number of hydrogen-bond acceptors (Lipinski definition) is 3. The van der Waals surface area contributed by atoms with E-state index in [4.69, 9.17) is 0 Å². The second kappa shape index (κ2) is 11.4. The first-order chi connectivity index (χ1) is 19.5. The Morgan fingerprint density at radius 3 is 1.38 bits per heavy atom. The monoisotopic (exact) mass is 704 g/mol. The van der Waals surface area contributed by atoms with E-state index in [0.29, 0.717) is 0 Å². The molecule has 1 N–H and O–H groups in total. The topological polar surface area (TPSA) is 46.5 Å². The van der Waals surface area contributed by atoms with Crippen molar-refractivity contribution in [2.45, 2.75) is 92.6 Å². The lowest BCUT2D eigenvalue weighted by Crippen LogP contribution is -2.76. The molecule has 0 unspecified atom stereocenters. The van der Waals surface area contributed by atoms with Crippen molar-refractivity contribution >= 4 is 5.97 Å². The van der Waals surface area contributed by atoms with Gasteiger partial charge in [0.25, 0.3) is 0 Å². The van der Waals surface area contributed by atoms with Gasteiger partial charge in [-0.3, -0.25) is 4.79 Å². The number of alkyl halides is 19. The fraction of sp³-hybridized carbons (Fsp3) is 0.696. The largest absolute Gasteiger partial charge is 0.508 e. The van der Waals surface area contributed by atoms with Gasteiger partial charge in [-0.15, -0.1) is 0 Å². The summed E-state index contributed by atoms with van der Waals surface area (Å²) in [6.07, 6.45) is -9.52.